The molecule has 0 bridgehead atoms. The number of halogens is 1. The SMILES string of the molecule is CC(C)N1CCN(c2ccc(-c3cc4c(nc3F)[nH]c3cc5c(cc34)CCNC5=O)cn2)CC1. The van der Waals surface area contributed by atoms with Crippen LogP contribution in [0.2, 0.25) is 0 Å². The van der Waals surface area contributed by atoms with E-state index in [1.807, 2.05) is 30.3 Å². The van der Waals surface area contributed by atoms with Gasteiger partial charge in [0.1, 0.15) is 11.5 Å². The van der Waals surface area contributed by atoms with Gasteiger partial charge in [0.2, 0.25) is 5.95 Å². The van der Waals surface area contributed by atoms with Crippen LogP contribution in [-0.2, 0) is 6.42 Å². The van der Waals surface area contributed by atoms with Crippen LogP contribution in [0.1, 0.15) is 29.8 Å². The number of carbonyl (C=O) groups excluding carboxylic acids is 1. The normalized spacial score (nSPS) is 16.9. The van der Waals surface area contributed by atoms with Crippen molar-refractivity contribution in [3.8, 4) is 11.1 Å². The van der Waals surface area contributed by atoms with E-state index in [2.05, 4.69) is 43.9 Å². The fourth-order valence-electron chi connectivity index (χ4n) is 5.12. The predicted molar refractivity (Wildman–Crippen MR) is 132 cm³/mol. The third kappa shape index (κ3) is 3.49. The van der Waals surface area contributed by atoms with Gasteiger partial charge in [-0.3, -0.25) is 9.69 Å². The first-order valence-corrected chi connectivity index (χ1v) is 11.9. The summed E-state index contributed by atoms with van der Waals surface area (Å²) < 4.78 is 15.0. The minimum atomic E-state index is -0.540. The fraction of sp³-hybridized carbons (Fsp3) is 0.346. The Balaban J connectivity index is 1.34. The maximum Gasteiger partial charge on any atom is 0.251 e. The highest BCUT2D eigenvalue weighted by Gasteiger charge is 2.22. The number of pyridine rings is 2. The number of aromatic nitrogens is 3. The van der Waals surface area contributed by atoms with Gasteiger partial charge in [0.15, 0.2) is 0 Å². The number of fused-ring (bicyclic) bond motifs is 4. The van der Waals surface area contributed by atoms with E-state index in [9.17, 15) is 4.79 Å². The minimum absolute atomic E-state index is 0.0709. The zero-order valence-corrected chi connectivity index (χ0v) is 19.4. The monoisotopic (exact) mass is 458 g/mol. The molecule has 5 heterocycles. The van der Waals surface area contributed by atoms with Crippen molar-refractivity contribution < 1.29 is 9.18 Å². The van der Waals surface area contributed by atoms with E-state index in [0.717, 1.165) is 60.3 Å². The molecule has 1 saturated heterocycles. The van der Waals surface area contributed by atoms with Crippen LogP contribution in [0.25, 0.3) is 33.1 Å². The average molecular weight is 459 g/mol. The molecule has 1 fully saturated rings. The van der Waals surface area contributed by atoms with Gasteiger partial charge in [-0.25, -0.2) is 9.97 Å². The number of aromatic amines is 1. The molecule has 34 heavy (non-hydrogen) atoms. The predicted octanol–water partition coefficient (Wildman–Crippen LogP) is 3.73. The van der Waals surface area contributed by atoms with E-state index in [1.54, 1.807) is 6.20 Å². The average Bonchev–Trinajstić information content (AvgIpc) is 3.19. The van der Waals surface area contributed by atoms with Gasteiger partial charge in [0, 0.05) is 77.9 Å². The first-order chi connectivity index (χ1) is 16.5. The molecule has 0 saturated carbocycles. The molecule has 4 aromatic rings. The molecule has 0 unspecified atom stereocenters. The lowest BCUT2D eigenvalue weighted by atomic mass is 9.97. The van der Waals surface area contributed by atoms with Crippen molar-refractivity contribution in [2.75, 3.05) is 37.6 Å². The van der Waals surface area contributed by atoms with Crippen molar-refractivity contribution >= 4 is 33.7 Å². The molecule has 6 rings (SSSR count). The highest BCUT2D eigenvalue weighted by molar-refractivity contribution is 6.10. The zero-order chi connectivity index (χ0) is 23.4. The van der Waals surface area contributed by atoms with Crippen molar-refractivity contribution in [2.24, 2.45) is 0 Å². The van der Waals surface area contributed by atoms with Crippen LogP contribution in [0.15, 0.2) is 36.5 Å². The summed E-state index contributed by atoms with van der Waals surface area (Å²) in [5.41, 5.74) is 4.05. The number of amides is 1. The molecule has 1 amide bonds. The van der Waals surface area contributed by atoms with Crippen LogP contribution in [0.4, 0.5) is 10.2 Å². The summed E-state index contributed by atoms with van der Waals surface area (Å²) in [5, 5.41) is 4.66. The molecule has 0 aliphatic carbocycles. The topological polar surface area (TPSA) is 77.1 Å². The van der Waals surface area contributed by atoms with E-state index < -0.39 is 5.95 Å². The van der Waals surface area contributed by atoms with E-state index in [0.29, 0.717) is 34.9 Å². The molecule has 8 heteroatoms. The van der Waals surface area contributed by atoms with Gasteiger partial charge >= 0.3 is 0 Å². The van der Waals surface area contributed by atoms with E-state index in [1.165, 1.54) is 0 Å². The Labute approximate surface area is 197 Å². The van der Waals surface area contributed by atoms with E-state index in [4.69, 9.17) is 0 Å². The van der Waals surface area contributed by atoms with Gasteiger partial charge in [0.25, 0.3) is 5.91 Å². The summed E-state index contributed by atoms with van der Waals surface area (Å²) in [6, 6.07) is 10.1. The number of nitrogens with one attached hydrogen (secondary N) is 2. The molecule has 2 aliphatic heterocycles. The number of H-pyrrole nitrogens is 1. The van der Waals surface area contributed by atoms with Gasteiger partial charge in [-0.15, -0.1) is 0 Å². The van der Waals surface area contributed by atoms with E-state index in [-0.39, 0.29) is 5.91 Å². The quantitative estimate of drug-likeness (QED) is 0.458. The van der Waals surface area contributed by atoms with Gasteiger partial charge in [-0.05, 0) is 56.2 Å². The number of nitrogens with zero attached hydrogens (tertiary/aromatic N) is 4. The number of hydrogen-bond acceptors (Lipinski definition) is 5. The Bertz CT molecular complexity index is 1400. The maximum atomic E-state index is 15.0. The second-order valence-corrected chi connectivity index (χ2v) is 9.43. The molecule has 0 atom stereocenters. The molecular formula is C26H27FN6O. The van der Waals surface area contributed by atoms with Crippen LogP contribution in [0.5, 0.6) is 0 Å². The van der Waals surface area contributed by atoms with Crippen molar-refractivity contribution in [1.82, 2.24) is 25.2 Å². The highest BCUT2D eigenvalue weighted by atomic mass is 19.1. The summed E-state index contributed by atoms with van der Waals surface area (Å²) >= 11 is 0. The first kappa shape index (κ1) is 21.0. The smallest absolute Gasteiger partial charge is 0.251 e. The van der Waals surface area contributed by atoms with Crippen molar-refractivity contribution in [3.05, 3.63) is 53.6 Å². The molecule has 7 nitrogen and oxygen atoms in total. The second kappa shape index (κ2) is 8.06. The summed E-state index contributed by atoms with van der Waals surface area (Å²) in [6.45, 7) is 8.98. The first-order valence-electron chi connectivity index (χ1n) is 11.9. The standard InChI is InChI=1S/C26H27FN6O/c1-15(2)32-7-9-33(10-8-32)23-4-3-17(14-29-23)18-12-21-20-11-16-5-6-28-26(34)19(16)13-22(20)30-25(21)31-24(18)27/h3-4,11-15H,5-10H2,1-2H3,(H,28,34)(H,30,31). The second-order valence-electron chi connectivity index (χ2n) is 9.43. The third-order valence-electron chi connectivity index (χ3n) is 7.11. The summed E-state index contributed by atoms with van der Waals surface area (Å²) in [6.07, 6.45) is 2.51. The lowest BCUT2D eigenvalue weighted by Gasteiger charge is -2.37. The number of piperazine rings is 1. The molecule has 1 aromatic carbocycles. The van der Waals surface area contributed by atoms with Gasteiger partial charge in [0.05, 0.1) is 0 Å². The lowest BCUT2D eigenvalue weighted by molar-refractivity contribution is 0.0946. The zero-order valence-electron chi connectivity index (χ0n) is 19.4. The molecule has 2 aliphatic rings. The molecular weight excluding hydrogens is 431 g/mol. The molecule has 174 valence electrons. The van der Waals surface area contributed by atoms with Gasteiger partial charge < -0.3 is 15.2 Å². The van der Waals surface area contributed by atoms with Crippen molar-refractivity contribution in [1.29, 1.82) is 0 Å². The van der Waals surface area contributed by atoms with Gasteiger partial charge in [-0.1, -0.05) is 0 Å². The van der Waals surface area contributed by atoms with Crippen LogP contribution in [-0.4, -0.2) is 64.5 Å². The maximum absolute atomic E-state index is 15.0. The fourth-order valence-corrected chi connectivity index (χ4v) is 5.12. The molecule has 2 N–H and O–H groups in total. The summed E-state index contributed by atoms with van der Waals surface area (Å²) in [7, 11) is 0. The Morgan fingerprint density at radius 2 is 1.85 bits per heavy atom. The van der Waals surface area contributed by atoms with Crippen LogP contribution in [0, 0.1) is 5.95 Å². The van der Waals surface area contributed by atoms with Crippen LogP contribution in [0.3, 0.4) is 0 Å². The number of rotatable bonds is 3. The van der Waals surface area contributed by atoms with Gasteiger partial charge in [-0.2, -0.15) is 4.39 Å². The Hall–Kier alpha value is -3.52. The lowest BCUT2D eigenvalue weighted by Crippen LogP contribution is -2.49. The van der Waals surface area contributed by atoms with Crippen molar-refractivity contribution in [3.63, 3.8) is 0 Å². The number of benzene rings is 1. The Morgan fingerprint density at radius 1 is 1.03 bits per heavy atom. The van der Waals surface area contributed by atoms with Crippen LogP contribution >= 0.6 is 0 Å². The Kier molecular flexibility index (Phi) is 4.99. The molecule has 0 spiro atoms. The number of carbonyl (C=O) groups is 1. The van der Waals surface area contributed by atoms with Crippen LogP contribution < -0.4 is 10.2 Å². The number of anilines is 1. The summed E-state index contributed by atoms with van der Waals surface area (Å²) in [5.74, 6) is 0.304. The minimum Gasteiger partial charge on any atom is -0.354 e. The molecule has 0 radical (unpaired) electrons. The largest absolute Gasteiger partial charge is 0.354 e. The van der Waals surface area contributed by atoms with Crippen molar-refractivity contribution in [2.45, 2.75) is 26.3 Å². The third-order valence-corrected chi connectivity index (χ3v) is 7.11. The molecule has 3 aromatic heterocycles. The highest BCUT2D eigenvalue weighted by Crippen LogP contribution is 2.33. The Morgan fingerprint density at radius 3 is 2.59 bits per heavy atom. The van der Waals surface area contributed by atoms with E-state index >= 15 is 4.39 Å². The summed E-state index contributed by atoms with van der Waals surface area (Å²) in [4.78, 5) is 29.0. The number of hydrogen-bond donors (Lipinski definition) is 2.